The standard InChI is InChI=1S/C30H32N2O4/c1-6-36-24-14-11-22(16-19(24)2)27(33)25-26(21-9-12-23(13-10-21)30(3,4)5)32(29(35)28(25)34)18-20-8-7-15-31-17-20/h7-17,26,33H,6,18H2,1-5H3. The molecule has 2 heterocycles. The number of ketones is 1. The zero-order valence-corrected chi connectivity index (χ0v) is 21.4. The van der Waals surface area contributed by atoms with Gasteiger partial charge in [0.1, 0.15) is 11.5 Å². The molecular formula is C30H32N2O4. The van der Waals surface area contributed by atoms with Gasteiger partial charge in [-0.2, -0.15) is 0 Å². The number of pyridine rings is 1. The van der Waals surface area contributed by atoms with Gasteiger partial charge < -0.3 is 14.7 Å². The summed E-state index contributed by atoms with van der Waals surface area (Å²) in [7, 11) is 0. The number of Topliss-reactive ketones (excluding diaryl/α,β-unsaturated/α-hetero) is 1. The number of aliphatic hydroxyl groups is 1. The smallest absolute Gasteiger partial charge is 0.295 e. The Hall–Kier alpha value is -3.93. The molecule has 6 heteroatoms. The first-order chi connectivity index (χ1) is 17.1. The Morgan fingerprint density at radius 1 is 1.08 bits per heavy atom. The van der Waals surface area contributed by atoms with Crippen molar-refractivity contribution >= 4 is 17.4 Å². The van der Waals surface area contributed by atoms with E-state index in [0.29, 0.717) is 17.9 Å². The van der Waals surface area contributed by atoms with E-state index in [9.17, 15) is 14.7 Å². The summed E-state index contributed by atoms with van der Waals surface area (Å²) in [6.07, 6.45) is 3.34. The molecular weight excluding hydrogens is 452 g/mol. The van der Waals surface area contributed by atoms with E-state index >= 15 is 0 Å². The first-order valence-electron chi connectivity index (χ1n) is 12.1. The quantitative estimate of drug-likeness (QED) is 0.275. The van der Waals surface area contributed by atoms with Gasteiger partial charge in [-0.1, -0.05) is 51.1 Å². The van der Waals surface area contributed by atoms with Gasteiger partial charge in [-0.05, 0) is 65.8 Å². The van der Waals surface area contributed by atoms with Crippen LogP contribution in [0.5, 0.6) is 5.75 Å². The number of benzene rings is 2. The van der Waals surface area contributed by atoms with E-state index in [0.717, 1.165) is 22.3 Å². The molecule has 6 nitrogen and oxygen atoms in total. The first kappa shape index (κ1) is 25.2. The lowest BCUT2D eigenvalue weighted by molar-refractivity contribution is -0.140. The lowest BCUT2D eigenvalue weighted by Crippen LogP contribution is -2.29. The van der Waals surface area contributed by atoms with Gasteiger partial charge in [0.15, 0.2) is 0 Å². The lowest BCUT2D eigenvalue weighted by Gasteiger charge is -2.26. The summed E-state index contributed by atoms with van der Waals surface area (Å²) >= 11 is 0. The molecule has 36 heavy (non-hydrogen) atoms. The second-order valence-corrected chi connectivity index (χ2v) is 10.1. The summed E-state index contributed by atoms with van der Waals surface area (Å²) in [4.78, 5) is 32.3. The summed E-state index contributed by atoms with van der Waals surface area (Å²) in [6, 6.07) is 16.1. The van der Waals surface area contributed by atoms with Crippen LogP contribution in [0.15, 0.2) is 72.6 Å². The van der Waals surface area contributed by atoms with Gasteiger partial charge in [-0.3, -0.25) is 14.6 Å². The van der Waals surface area contributed by atoms with Crippen LogP contribution in [-0.4, -0.2) is 33.3 Å². The number of amides is 1. The zero-order valence-electron chi connectivity index (χ0n) is 21.4. The number of likely N-dealkylation sites (tertiary alicyclic amines) is 1. The first-order valence-corrected chi connectivity index (χ1v) is 12.1. The normalized spacial score (nSPS) is 17.5. The van der Waals surface area contributed by atoms with Crippen LogP contribution in [0.25, 0.3) is 5.76 Å². The fourth-order valence-electron chi connectivity index (χ4n) is 4.51. The third-order valence-corrected chi connectivity index (χ3v) is 6.46. The second kappa shape index (κ2) is 9.97. The average molecular weight is 485 g/mol. The molecule has 0 radical (unpaired) electrons. The Labute approximate surface area is 212 Å². The molecule has 0 bridgehead atoms. The third kappa shape index (κ3) is 4.89. The molecule has 1 amide bonds. The van der Waals surface area contributed by atoms with Gasteiger partial charge >= 0.3 is 0 Å². The molecule has 0 aliphatic carbocycles. The van der Waals surface area contributed by atoms with Crippen molar-refractivity contribution in [2.24, 2.45) is 0 Å². The largest absolute Gasteiger partial charge is 0.507 e. The highest BCUT2D eigenvalue weighted by Crippen LogP contribution is 2.41. The number of carbonyl (C=O) groups excluding carboxylic acids is 2. The molecule has 1 fully saturated rings. The van der Waals surface area contributed by atoms with Crippen molar-refractivity contribution in [3.05, 3.63) is 100 Å². The number of aromatic nitrogens is 1. The van der Waals surface area contributed by atoms with Crippen LogP contribution < -0.4 is 4.74 Å². The summed E-state index contributed by atoms with van der Waals surface area (Å²) in [5, 5.41) is 11.4. The fourth-order valence-corrected chi connectivity index (χ4v) is 4.51. The summed E-state index contributed by atoms with van der Waals surface area (Å²) in [6.45, 7) is 10.9. The molecule has 4 rings (SSSR count). The van der Waals surface area contributed by atoms with E-state index < -0.39 is 17.7 Å². The highest BCUT2D eigenvalue weighted by molar-refractivity contribution is 6.46. The SMILES string of the molecule is CCOc1ccc(C(O)=C2C(=O)C(=O)N(Cc3cccnc3)C2c2ccc(C(C)(C)C)cc2)cc1C. The maximum absolute atomic E-state index is 13.3. The van der Waals surface area contributed by atoms with Crippen molar-refractivity contribution in [1.82, 2.24) is 9.88 Å². The minimum Gasteiger partial charge on any atom is -0.507 e. The molecule has 1 N–H and O–H groups in total. The van der Waals surface area contributed by atoms with Gasteiger partial charge in [0.05, 0.1) is 18.2 Å². The Morgan fingerprint density at radius 2 is 1.81 bits per heavy atom. The molecule has 1 aliphatic rings. The number of carbonyl (C=O) groups is 2. The molecule has 1 aliphatic heterocycles. The third-order valence-electron chi connectivity index (χ3n) is 6.46. The van der Waals surface area contributed by atoms with Crippen molar-refractivity contribution in [3.63, 3.8) is 0 Å². The van der Waals surface area contributed by atoms with E-state index in [4.69, 9.17) is 4.74 Å². The van der Waals surface area contributed by atoms with Crippen LogP contribution in [0.1, 0.15) is 61.6 Å². The van der Waals surface area contributed by atoms with Crippen LogP contribution >= 0.6 is 0 Å². The van der Waals surface area contributed by atoms with Crippen molar-refractivity contribution in [2.75, 3.05) is 6.61 Å². The van der Waals surface area contributed by atoms with Gasteiger partial charge in [-0.25, -0.2) is 0 Å². The Morgan fingerprint density at radius 3 is 2.39 bits per heavy atom. The molecule has 0 spiro atoms. The molecule has 1 unspecified atom stereocenters. The van der Waals surface area contributed by atoms with E-state index in [2.05, 4.69) is 25.8 Å². The number of hydrogen-bond donors (Lipinski definition) is 1. The highest BCUT2D eigenvalue weighted by Gasteiger charge is 2.46. The lowest BCUT2D eigenvalue weighted by atomic mass is 9.85. The van der Waals surface area contributed by atoms with E-state index in [-0.39, 0.29) is 23.3 Å². The molecule has 1 aromatic heterocycles. The van der Waals surface area contributed by atoms with Crippen molar-refractivity contribution in [1.29, 1.82) is 0 Å². The van der Waals surface area contributed by atoms with Gasteiger partial charge in [-0.15, -0.1) is 0 Å². The predicted molar refractivity (Wildman–Crippen MR) is 140 cm³/mol. The van der Waals surface area contributed by atoms with Crippen LogP contribution in [0.4, 0.5) is 0 Å². The fraction of sp³-hybridized carbons (Fsp3) is 0.300. The van der Waals surface area contributed by atoms with Gasteiger partial charge in [0, 0.05) is 24.5 Å². The monoisotopic (exact) mass is 484 g/mol. The number of nitrogens with zero attached hydrogens (tertiary/aromatic N) is 2. The van der Waals surface area contributed by atoms with E-state index in [1.807, 2.05) is 44.2 Å². The molecule has 3 aromatic rings. The molecule has 186 valence electrons. The van der Waals surface area contributed by atoms with Crippen LogP contribution in [-0.2, 0) is 21.5 Å². The minimum atomic E-state index is -0.730. The topological polar surface area (TPSA) is 79.7 Å². The predicted octanol–water partition coefficient (Wildman–Crippen LogP) is 5.71. The van der Waals surface area contributed by atoms with Gasteiger partial charge in [0.25, 0.3) is 11.7 Å². The molecule has 1 atom stereocenters. The van der Waals surface area contributed by atoms with Crippen molar-refractivity contribution in [3.8, 4) is 5.75 Å². The molecule has 1 saturated heterocycles. The maximum Gasteiger partial charge on any atom is 0.295 e. The second-order valence-electron chi connectivity index (χ2n) is 10.1. The van der Waals surface area contributed by atoms with Crippen LogP contribution in [0.3, 0.4) is 0 Å². The summed E-state index contributed by atoms with van der Waals surface area (Å²) < 4.78 is 5.61. The number of aryl methyl sites for hydroxylation is 1. The average Bonchev–Trinajstić information content (AvgIpc) is 3.10. The van der Waals surface area contributed by atoms with Crippen molar-refractivity contribution < 1.29 is 19.4 Å². The Balaban J connectivity index is 1.84. The Bertz CT molecular complexity index is 1310. The number of aliphatic hydroxyl groups excluding tert-OH is 1. The van der Waals surface area contributed by atoms with Crippen LogP contribution in [0, 0.1) is 6.92 Å². The molecule has 0 saturated carbocycles. The summed E-state index contributed by atoms with van der Waals surface area (Å²) in [5.74, 6) is -0.834. The number of rotatable bonds is 6. The highest BCUT2D eigenvalue weighted by atomic mass is 16.5. The summed E-state index contributed by atoms with van der Waals surface area (Å²) in [5.41, 5.74) is 4.02. The van der Waals surface area contributed by atoms with E-state index in [1.165, 1.54) is 4.90 Å². The Kier molecular flexibility index (Phi) is 6.97. The van der Waals surface area contributed by atoms with Crippen LogP contribution in [0.2, 0.25) is 0 Å². The van der Waals surface area contributed by atoms with E-state index in [1.54, 1.807) is 36.7 Å². The number of ether oxygens (including phenoxy) is 1. The number of hydrogen-bond acceptors (Lipinski definition) is 5. The van der Waals surface area contributed by atoms with Gasteiger partial charge in [0.2, 0.25) is 0 Å². The zero-order chi connectivity index (χ0) is 26.0. The maximum atomic E-state index is 13.3. The minimum absolute atomic E-state index is 0.0458. The van der Waals surface area contributed by atoms with Crippen molar-refractivity contribution in [2.45, 2.75) is 52.6 Å². The molecule has 2 aromatic carbocycles.